The van der Waals surface area contributed by atoms with Crippen LogP contribution in [0.5, 0.6) is 0 Å². The molecule has 1 aromatic heterocycles. The first-order chi connectivity index (χ1) is 5.84. The van der Waals surface area contributed by atoms with E-state index in [1.54, 1.807) is 6.07 Å². The summed E-state index contributed by atoms with van der Waals surface area (Å²) in [7, 11) is 0. The van der Waals surface area contributed by atoms with Crippen LogP contribution in [-0.2, 0) is 0 Å². The Morgan fingerprint density at radius 3 is 3.08 bits per heavy atom. The molecule has 4 heteroatoms. The molecule has 1 rings (SSSR count). The Kier molecular flexibility index (Phi) is 2.91. The van der Waals surface area contributed by atoms with Crippen LogP contribution in [0.25, 0.3) is 0 Å². The number of nitrogens with zero attached hydrogens (tertiary/aromatic N) is 3. The van der Waals surface area contributed by atoms with E-state index in [4.69, 9.17) is 5.26 Å². The molecule has 0 amide bonds. The second kappa shape index (κ2) is 4.19. The maximum Gasteiger partial charge on any atom is 0.182 e. The van der Waals surface area contributed by atoms with Gasteiger partial charge in [0.2, 0.25) is 0 Å². The summed E-state index contributed by atoms with van der Waals surface area (Å²) >= 11 is 0. The maximum atomic E-state index is 11.2. The summed E-state index contributed by atoms with van der Waals surface area (Å²) < 4.78 is 0. The standard InChI is InChI=1S/C8H7N3O/c9-4-1-2-8(12)7-3-5-10-6-11-7/h3,5-6H,1-2H2. The highest BCUT2D eigenvalue weighted by molar-refractivity contribution is 5.94. The fraction of sp³-hybridized carbons (Fsp3) is 0.250. The smallest absolute Gasteiger partial charge is 0.182 e. The monoisotopic (exact) mass is 161 g/mol. The predicted molar refractivity (Wildman–Crippen MR) is 41.2 cm³/mol. The summed E-state index contributed by atoms with van der Waals surface area (Å²) in [6.45, 7) is 0. The van der Waals surface area contributed by atoms with E-state index < -0.39 is 0 Å². The lowest BCUT2D eigenvalue weighted by Gasteiger charge is -1.93. The number of rotatable bonds is 3. The average molecular weight is 161 g/mol. The van der Waals surface area contributed by atoms with Crippen molar-refractivity contribution in [1.29, 1.82) is 5.26 Å². The quantitative estimate of drug-likeness (QED) is 0.619. The Morgan fingerprint density at radius 1 is 1.67 bits per heavy atom. The summed E-state index contributed by atoms with van der Waals surface area (Å²) in [6, 6.07) is 3.45. The van der Waals surface area contributed by atoms with Crippen LogP contribution in [0.4, 0.5) is 0 Å². The van der Waals surface area contributed by atoms with Gasteiger partial charge < -0.3 is 0 Å². The van der Waals surface area contributed by atoms with Gasteiger partial charge in [-0.3, -0.25) is 4.79 Å². The maximum absolute atomic E-state index is 11.2. The minimum Gasteiger partial charge on any atom is -0.292 e. The summed E-state index contributed by atoms with van der Waals surface area (Å²) in [5.74, 6) is -0.112. The van der Waals surface area contributed by atoms with E-state index in [9.17, 15) is 4.79 Å². The summed E-state index contributed by atoms with van der Waals surface area (Å²) in [5.41, 5.74) is 0.375. The lowest BCUT2D eigenvalue weighted by atomic mass is 10.2. The number of carbonyl (C=O) groups excluding carboxylic acids is 1. The van der Waals surface area contributed by atoms with Gasteiger partial charge in [-0.1, -0.05) is 0 Å². The molecule has 0 aliphatic heterocycles. The molecule has 1 aromatic rings. The lowest BCUT2D eigenvalue weighted by molar-refractivity contribution is 0.0979. The Balaban J connectivity index is 2.61. The van der Waals surface area contributed by atoms with Gasteiger partial charge in [0.25, 0.3) is 0 Å². The molecule has 0 saturated heterocycles. The number of Topliss-reactive ketones (excluding diaryl/α,β-unsaturated/α-hetero) is 1. The van der Waals surface area contributed by atoms with E-state index in [1.165, 1.54) is 12.5 Å². The summed E-state index contributed by atoms with van der Waals surface area (Å²) in [4.78, 5) is 18.6. The van der Waals surface area contributed by atoms with Gasteiger partial charge in [0.05, 0.1) is 6.07 Å². The number of hydrogen-bond acceptors (Lipinski definition) is 4. The van der Waals surface area contributed by atoms with Gasteiger partial charge in [0.1, 0.15) is 12.0 Å². The number of nitriles is 1. The first-order valence-corrected chi connectivity index (χ1v) is 3.51. The number of ketones is 1. The van der Waals surface area contributed by atoms with Crippen LogP contribution in [0.2, 0.25) is 0 Å². The highest BCUT2D eigenvalue weighted by atomic mass is 16.1. The molecule has 0 N–H and O–H groups in total. The van der Waals surface area contributed by atoms with Crippen molar-refractivity contribution in [3.8, 4) is 6.07 Å². The van der Waals surface area contributed by atoms with Gasteiger partial charge in [0.15, 0.2) is 5.78 Å². The summed E-state index contributed by atoms with van der Waals surface area (Å²) in [5, 5.41) is 8.23. The van der Waals surface area contributed by atoms with Crippen molar-refractivity contribution >= 4 is 5.78 Å². The lowest BCUT2D eigenvalue weighted by Crippen LogP contribution is -2.01. The van der Waals surface area contributed by atoms with Crippen LogP contribution >= 0.6 is 0 Å². The van der Waals surface area contributed by atoms with Crippen molar-refractivity contribution in [2.75, 3.05) is 0 Å². The fourth-order valence-electron chi connectivity index (χ4n) is 0.753. The molecule has 0 atom stereocenters. The van der Waals surface area contributed by atoms with E-state index in [2.05, 4.69) is 9.97 Å². The van der Waals surface area contributed by atoms with E-state index >= 15 is 0 Å². The minimum absolute atomic E-state index is 0.112. The van der Waals surface area contributed by atoms with Crippen molar-refractivity contribution in [1.82, 2.24) is 9.97 Å². The molecule has 60 valence electrons. The number of hydrogen-bond donors (Lipinski definition) is 0. The third-order valence-corrected chi connectivity index (χ3v) is 1.33. The molecule has 0 fully saturated rings. The molecule has 0 aromatic carbocycles. The molecule has 0 aliphatic rings. The van der Waals surface area contributed by atoms with Crippen LogP contribution in [0.3, 0.4) is 0 Å². The molecule has 0 radical (unpaired) electrons. The van der Waals surface area contributed by atoms with E-state index in [1.807, 2.05) is 6.07 Å². The topological polar surface area (TPSA) is 66.6 Å². The van der Waals surface area contributed by atoms with Crippen molar-refractivity contribution in [3.63, 3.8) is 0 Å². The second-order valence-corrected chi connectivity index (χ2v) is 2.18. The fourth-order valence-corrected chi connectivity index (χ4v) is 0.753. The third-order valence-electron chi connectivity index (χ3n) is 1.33. The van der Waals surface area contributed by atoms with E-state index in [-0.39, 0.29) is 18.6 Å². The highest BCUT2D eigenvalue weighted by Crippen LogP contribution is 1.99. The van der Waals surface area contributed by atoms with E-state index in [0.717, 1.165) is 0 Å². The van der Waals surface area contributed by atoms with Crippen LogP contribution in [0, 0.1) is 11.3 Å². The minimum atomic E-state index is -0.112. The zero-order chi connectivity index (χ0) is 8.81. The van der Waals surface area contributed by atoms with Crippen molar-refractivity contribution in [2.45, 2.75) is 12.8 Å². The molecule has 0 spiro atoms. The van der Waals surface area contributed by atoms with E-state index in [0.29, 0.717) is 5.69 Å². The number of carbonyl (C=O) groups is 1. The van der Waals surface area contributed by atoms with Crippen LogP contribution in [0.1, 0.15) is 23.3 Å². The first kappa shape index (κ1) is 8.34. The zero-order valence-electron chi connectivity index (χ0n) is 6.40. The Labute approximate surface area is 69.9 Å². The van der Waals surface area contributed by atoms with Gasteiger partial charge >= 0.3 is 0 Å². The first-order valence-electron chi connectivity index (χ1n) is 3.51. The molecule has 0 saturated carbocycles. The molecule has 0 bridgehead atoms. The predicted octanol–water partition coefficient (Wildman–Crippen LogP) is 0.963. The number of aromatic nitrogens is 2. The molecule has 12 heavy (non-hydrogen) atoms. The molecule has 0 aliphatic carbocycles. The van der Waals surface area contributed by atoms with Gasteiger partial charge in [-0.05, 0) is 6.07 Å². The third kappa shape index (κ3) is 2.13. The highest BCUT2D eigenvalue weighted by Gasteiger charge is 2.04. The van der Waals surface area contributed by atoms with Crippen LogP contribution < -0.4 is 0 Å². The molecule has 0 unspecified atom stereocenters. The van der Waals surface area contributed by atoms with Crippen LogP contribution in [0.15, 0.2) is 18.6 Å². The Morgan fingerprint density at radius 2 is 2.50 bits per heavy atom. The van der Waals surface area contributed by atoms with Gasteiger partial charge in [-0.15, -0.1) is 0 Å². The van der Waals surface area contributed by atoms with Crippen molar-refractivity contribution in [3.05, 3.63) is 24.3 Å². The van der Waals surface area contributed by atoms with Crippen LogP contribution in [-0.4, -0.2) is 15.8 Å². The molecular weight excluding hydrogens is 154 g/mol. The Hall–Kier alpha value is -1.76. The van der Waals surface area contributed by atoms with Crippen molar-refractivity contribution < 1.29 is 4.79 Å². The molecule has 4 nitrogen and oxygen atoms in total. The largest absolute Gasteiger partial charge is 0.292 e. The van der Waals surface area contributed by atoms with Gasteiger partial charge in [-0.2, -0.15) is 5.26 Å². The molecule has 1 heterocycles. The zero-order valence-corrected chi connectivity index (χ0v) is 6.40. The van der Waals surface area contributed by atoms with Crippen molar-refractivity contribution in [2.24, 2.45) is 0 Å². The average Bonchev–Trinajstić information content (AvgIpc) is 2.15. The normalized spacial score (nSPS) is 8.92. The molecular formula is C8H7N3O. The SMILES string of the molecule is N#CCCC(=O)c1ccncn1. The summed E-state index contributed by atoms with van der Waals surface area (Å²) in [6.07, 6.45) is 3.29. The Bertz CT molecular complexity index is 302. The van der Waals surface area contributed by atoms with Gasteiger partial charge in [0, 0.05) is 19.0 Å². The van der Waals surface area contributed by atoms with Gasteiger partial charge in [-0.25, -0.2) is 9.97 Å². The second-order valence-electron chi connectivity index (χ2n) is 2.18.